The van der Waals surface area contributed by atoms with Crippen molar-refractivity contribution < 1.29 is 9.59 Å². The highest BCUT2D eigenvalue weighted by molar-refractivity contribution is 6.36. The molecule has 0 radical (unpaired) electrons. The summed E-state index contributed by atoms with van der Waals surface area (Å²) in [6.45, 7) is 1.94. The summed E-state index contributed by atoms with van der Waals surface area (Å²) in [5.74, 6) is -0.183. The molecular weight excluding hydrogens is 413 g/mol. The number of rotatable bonds is 5. The number of benzene rings is 1. The highest BCUT2D eigenvalue weighted by Crippen LogP contribution is 2.35. The van der Waals surface area contributed by atoms with Gasteiger partial charge in [-0.3, -0.25) is 14.5 Å². The summed E-state index contributed by atoms with van der Waals surface area (Å²) in [5, 5.41) is 10.3. The Balaban J connectivity index is 1.39. The zero-order valence-corrected chi connectivity index (χ0v) is 17.4. The molecule has 1 unspecified atom stereocenters. The lowest BCUT2D eigenvalue weighted by molar-refractivity contribution is -0.139. The molecular formula is C20H23Cl2N5O2. The monoisotopic (exact) mass is 435 g/mol. The van der Waals surface area contributed by atoms with E-state index in [0.29, 0.717) is 49.1 Å². The van der Waals surface area contributed by atoms with Crippen molar-refractivity contribution in [1.82, 2.24) is 14.7 Å². The summed E-state index contributed by atoms with van der Waals surface area (Å²) in [6.07, 6.45) is 2.23. The number of nitrogens with zero attached hydrogens (tertiary/aromatic N) is 4. The van der Waals surface area contributed by atoms with Crippen molar-refractivity contribution >= 4 is 35.0 Å². The number of carbonyl (C=O) groups is 2. The van der Waals surface area contributed by atoms with Crippen molar-refractivity contribution in [3.8, 4) is 6.07 Å². The fraction of sp³-hybridized carbons (Fsp3) is 0.550. The number of piperazine rings is 1. The van der Waals surface area contributed by atoms with Crippen molar-refractivity contribution in [3.63, 3.8) is 0 Å². The molecule has 2 N–H and O–H groups in total. The Bertz CT molecular complexity index is 853. The van der Waals surface area contributed by atoms with Gasteiger partial charge in [0.25, 0.3) is 0 Å². The third kappa shape index (κ3) is 3.71. The minimum atomic E-state index is -0.734. The van der Waals surface area contributed by atoms with Crippen LogP contribution in [-0.2, 0) is 16.1 Å². The molecule has 4 atom stereocenters. The number of hydrogen-bond donors (Lipinski definition) is 1. The zero-order valence-electron chi connectivity index (χ0n) is 15.9. The van der Waals surface area contributed by atoms with Gasteiger partial charge in [0.1, 0.15) is 6.04 Å². The lowest BCUT2D eigenvalue weighted by atomic mass is 10.1. The van der Waals surface area contributed by atoms with E-state index in [9.17, 15) is 14.9 Å². The van der Waals surface area contributed by atoms with Crippen molar-refractivity contribution in [1.29, 1.82) is 5.26 Å². The SMILES string of the molecule is N#C[C@@H]1CCCN1C(=O)[C@@H](N)CN1CC2C[C@@H]1C(=O)N2Cc1c(Cl)cccc1Cl. The smallest absolute Gasteiger partial charge is 0.241 e. The molecule has 0 aliphatic carbocycles. The number of nitriles is 1. The molecule has 7 nitrogen and oxygen atoms in total. The van der Waals surface area contributed by atoms with Crippen LogP contribution >= 0.6 is 23.2 Å². The Morgan fingerprint density at radius 2 is 2.07 bits per heavy atom. The van der Waals surface area contributed by atoms with E-state index >= 15 is 0 Å². The van der Waals surface area contributed by atoms with Gasteiger partial charge in [-0.15, -0.1) is 0 Å². The number of hydrogen-bond acceptors (Lipinski definition) is 5. The molecule has 3 heterocycles. The minimum absolute atomic E-state index is 0.0213. The van der Waals surface area contributed by atoms with Gasteiger partial charge in [0, 0.05) is 47.8 Å². The van der Waals surface area contributed by atoms with E-state index in [1.165, 1.54) is 0 Å². The average molecular weight is 436 g/mol. The number of fused-ring (bicyclic) bond motifs is 2. The standard InChI is InChI=1S/C20H23Cl2N5O2/c21-15-4-1-5-16(22)14(15)10-27-13-7-18(20(27)29)25(9-13)11-17(24)19(28)26-6-2-3-12(26)8-23/h1,4-5,12-13,17-18H,2-3,6-7,9-11,24H2/t12-,13?,17-,18+/m0/s1. The number of halogens is 2. The highest BCUT2D eigenvalue weighted by Gasteiger charge is 2.50. The third-order valence-electron chi connectivity index (χ3n) is 6.21. The summed E-state index contributed by atoms with van der Waals surface area (Å²) in [7, 11) is 0. The molecule has 1 aromatic carbocycles. The molecule has 4 rings (SSSR count). The van der Waals surface area contributed by atoms with Gasteiger partial charge in [-0.05, 0) is 31.4 Å². The van der Waals surface area contributed by atoms with Gasteiger partial charge in [-0.25, -0.2) is 0 Å². The summed E-state index contributed by atoms with van der Waals surface area (Å²) in [6, 6.07) is 6.15. The molecule has 154 valence electrons. The second kappa shape index (κ2) is 8.11. The first-order valence-corrected chi connectivity index (χ1v) is 10.6. The van der Waals surface area contributed by atoms with Crippen molar-refractivity contribution in [2.24, 2.45) is 5.73 Å². The fourth-order valence-electron chi connectivity index (χ4n) is 4.70. The van der Waals surface area contributed by atoms with Gasteiger partial charge in [0.15, 0.2) is 0 Å². The van der Waals surface area contributed by atoms with Crippen LogP contribution in [0.3, 0.4) is 0 Å². The normalized spacial score (nSPS) is 27.5. The lowest BCUT2D eigenvalue weighted by Crippen LogP contribution is -2.56. The van der Waals surface area contributed by atoms with Gasteiger partial charge in [-0.2, -0.15) is 5.26 Å². The molecule has 0 spiro atoms. The van der Waals surface area contributed by atoms with Crippen molar-refractivity contribution in [2.45, 2.75) is 50.0 Å². The van der Waals surface area contributed by atoms with Crippen LogP contribution in [0.15, 0.2) is 18.2 Å². The topological polar surface area (TPSA) is 93.7 Å². The maximum atomic E-state index is 12.9. The Morgan fingerprint density at radius 3 is 2.72 bits per heavy atom. The Morgan fingerprint density at radius 1 is 1.34 bits per heavy atom. The summed E-state index contributed by atoms with van der Waals surface area (Å²) in [4.78, 5) is 31.0. The van der Waals surface area contributed by atoms with Crippen LogP contribution in [0.1, 0.15) is 24.8 Å². The van der Waals surface area contributed by atoms with Crippen LogP contribution in [0.4, 0.5) is 0 Å². The van der Waals surface area contributed by atoms with E-state index < -0.39 is 6.04 Å². The zero-order chi connectivity index (χ0) is 20.7. The molecule has 2 amide bonds. The molecule has 1 aromatic rings. The average Bonchev–Trinajstić information content (AvgIpc) is 3.39. The maximum absolute atomic E-state index is 12.9. The van der Waals surface area contributed by atoms with Gasteiger partial charge < -0.3 is 15.5 Å². The maximum Gasteiger partial charge on any atom is 0.241 e. The molecule has 3 saturated heterocycles. The molecule has 3 aliphatic heterocycles. The van der Waals surface area contributed by atoms with Gasteiger partial charge in [0.05, 0.1) is 18.2 Å². The van der Waals surface area contributed by atoms with Crippen molar-refractivity contribution in [3.05, 3.63) is 33.8 Å². The molecule has 9 heteroatoms. The van der Waals surface area contributed by atoms with Crippen LogP contribution in [0, 0.1) is 11.3 Å². The predicted molar refractivity (Wildman–Crippen MR) is 109 cm³/mol. The van der Waals surface area contributed by atoms with Crippen LogP contribution in [0.2, 0.25) is 10.0 Å². The largest absolute Gasteiger partial charge is 0.333 e. The van der Waals surface area contributed by atoms with Crippen LogP contribution < -0.4 is 5.73 Å². The molecule has 0 aromatic heterocycles. The van der Waals surface area contributed by atoms with Crippen LogP contribution in [0.5, 0.6) is 0 Å². The Labute approximate surface area is 179 Å². The quantitative estimate of drug-likeness (QED) is 0.757. The number of likely N-dealkylation sites (tertiary alicyclic amines) is 3. The van der Waals surface area contributed by atoms with Gasteiger partial charge in [-0.1, -0.05) is 29.3 Å². The molecule has 29 heavy (non-hydrogen) atoms. The third-order valence-corrected chi connectivity index (χ3v) is 6.92. The number of amides is 2. The Kier molecular flexibility index (Phi) is 5.71. The van der Waals surface area contributed by atoms with Crippen LogP contribution in [0.25, 0.3) is 0 Å². The molecule has 0 saturated carbocycles. The summed E-state index contributed by atoms with van der Waals surface area (Å²) >= 11 is 12.5. The molecule has 2 bridgehead atoms. The van der Waals surface area contributed by atoms with E-state index in [4.69, 9.17) is 28.9 Å². The molecule has 3 fully saturated rings. The second-order valence-corrected chi connectivity index (χ2v) is 8.77. The van der Waals surface area contributed by atoms with E-state index in [-0.39, 0.29) is 29.9 Å². The Hall–Kier alpha value is -1.85. The van der Waals surface area contributed by atoms with E-state index in [1.807, 2.05) is 9.80 Å². The summed E-state index contributed by atoms with van der Waals surface area (Å²) < 4.78 is 0. The van der Waals surface area contributed by atoms with Crippen molar-refractivity contribution in [2.75, 3.05) is 19.6 Å². The van der Waals surface area contributed by atoms with Gasteiger partial charge in [0.2, 0.25) is 11.8 Å². The minimum Gasteiger partial charge on any atom is -0.333 e. The van der Waals surface area contributed by atoms with E-state index in [1.54, 1.807) is 23.1 Å². The predicted octanol–water partition coefficient (Wildman–Crippen LogP) is 1.62. The second-order valence-electron chi connectivity index (χ2n) is 7.95. The van der Waals surface area contributed by atoms with E-state index in [0.717, 1.165) is 12.0 Å². The lowest BCUT2D eigenvalue weighted by Gasteiger charge is -2.35. The molecule has 3 aliphatic rings. The first-order valence-electron chi connectivity index (χ1n) is 9.83. The van der Waals surface area contributed by atoms with Crippen LogP contribution in [-0.4, -0.2) is 70.3 Å². The number of carbonyl (C=O) groups excluding carboxylic acids is 2. The van der Waals surface area contributed by atoms with E-state index in [2.05, 4.69) is 6.07 Å². The summed E-state index contributed by atoms with van der Waals surface area (Å²) in [5.41, 5.74) is 6.92. The highest BCUT2D eigenvalue weighted by atomic mass is 35.5. The number of nitrogens with two attached hydrogens (primary N) is 1. The fourth-order valence-corrected chi connectivity index (χ4v) is 5.22. The first kappa shape index (κ1) is 20.4. The van der Waals surface area contributed by atoms with Gasteiger partial charge >= 0.3 is 0 Å². The first-order chi connectivity index (χ1) is 13.9.